The molecule has 0 aliphatic rings. The summed E-state index contributed by atoms with van der Waals surface area (Å²) in [5.41, 5.74) is 0. The topological polar surface area (TPSA) is 54.9 Å². The summed E-state index contributed by atoms with van der Waals surface area (Å²) in [5.74, 6) is 5.79. The van der Waals surface area contributed by atoms with E-state index in [1.807, 2.05) is 0 Å². The number of amides is 1. The van der Waals surface area contributed by atoms with Crippen molar-refractivity contribution < 1.29 is 4.79 Å². The van der Waals surface area contributed by atoms with Gasteiger partial charge in [-0.25, -0.2) is 9.97 Å². The van der Waals surface area contributed by atoms with Crippen molar-refractivity contribution in [3.8, 4) is 11.8 Å². The first kappa shape index (κ1) is 10.7. The van der Waals surface area contributed by atoms with E-state index in [0.717, 1.165) is 4.47 Å². The van der Waals surface area contributed by atoms with Gasteiger partial charge in [0, 0.05) is 19.3 Å². The molecule has 0 unspecified atom stereocenters. The van der Waals surface area contributed by atoms with Crippen LogP contribution in [-0.2, 0) is 4.79 Å². The number of hydrogen-bond donors (Lipinski definition) is 1. The molecular formula is C9H8BrN3O. The molecule has 0 aromatic carbocycles. The van der Waals surface area contributed by atoms with Gasteiger partial charge in [-0.3, -0.25) is 4.79 Å². The second-order valence-corrected chi connectivity index (χ2v) is 3.35. The van der Waals surface area contributed by atoms with E-state index in [2.05, 4.69) is 43.1 Å². The van der Waals surface area contributed by atoms with Gasteiger partial charge in [0.05, 0.1) is 11.0 Å². The quantitative estimate of drug-likeness (QED) is 0.751. The number of carbonyl (C=O) groups is 1. The number of hydrogen-bond acceptors (Lipinski definition) is 3. The summed E-state index contributed by atoms with van der Waals surface area (Å²) in [5, 5.41) is 2.55. The summed E-state index contributed by atoms with van der Waals surface area (Å²) >= 11 is 3.22. The molecule has 1 aromatic heterocycles. The van der Waals surface area contributed by atoms with Crippen molar-refractivity contribution in [1.82, 2.24) is 15.3 Å². The molecule has 0 aliphatic carbocycles. The maximum Gasteiger partial charge on any atom is 0.217 e. The van der Waals surface area contributed by atoms with Crippen LogP contribution in [0.25, 0.3) is 0 Å². The molecule has 0 saturated heterocycles. The molecule has 0 spiro atoms. The van der Waals surface area contributed by atoms with Gasteiger partial charge in [0.15, 0.2) is 0 Å². The van der Waals surface area contributed by atoms with Crippen molar-refractivity contribution >= 4 is 21.8 Å². The molecular weight excluding hydrogens is 246 g/mol. The fourth-order valence-electron chi connectivity index (χ4n) is 0.669. The molecule has 14 heavy (non-hydrogen) atoms. The zero-order valence-electron chi connectivity index (χ0n) is 7.54. The van der Waals surface area contributed by atoms with Crippen molar-refractivity contribution in [2.75, 3.05) is 6.54 Å². The molecule has 1 heterocycles. The normalized spacial score (nSPS) is 8.71. The van der Waals surface area contributed by atoms with E-state index in [9.17, 15) is 4.79 Å². The van der Waals surface area contributed by atoms with Gasteiger partial charge in [-0.15, -0.1) is 0 Å². The highest BCUT2D eigenvalue weighted by Gasteiger charge is 1.89. The Morgan fingerprint density at radius 1 is 1.57 bits per heavy atom. The molecule has 0 radical (unpaired) electrons. The van der Waals surface area contributed by atoms with Crippen LogP contribution >= 0.6 is 15.9 Å². The molecule has 1 rings (SSSR count). The van der Waals surface area contributed by atoms with Crippen molar-refractivity contribution in [2.24, 2.45) is 0 Å². The first-order valence-corrected chi connectivity index (χ1v) is 4.68. The monoisotopic (exact) mass is 253 g/mol. The van der Waals surface area contributed by atoms with E-state index in [1.54, 1.807) is 12.4 Å². The van der Waals surface area contributed by atoms with Crippen molar-refractivity contribution in [2.45, 2.75) is 6.92 Å². The first-order valence-electron chi connectivity index (χ1n) is 3.89. The molecule has 1 N–H and O–H groups in total. The lowest BCUT2D eigenvalue weighted by Gasteiger charge is -1.91. The molecule has 0 aliphatic heterocycles. The van der Waals surface area contributed by atoms with Gasteiger partial charge in [-0.05, 0) is 21.9 Å². The molecule has 0 fully saturated rings. The third-order valence-electron chi connectivity index (χ3n) is 1.25. The maximum absolute atomic E-state index is 10.5. The Kier molecular flexibility index (Phi) is 4.08. The third-order valence-corrected chi connectivity index (χ3v) is 1.66. The fraction of sp³-hybridized carbons (Fsp3) is 0.222. The molecule has 0 saturated carbocycles. The van der Waals surface area contributed by atoms with Crippen LogP contribution in [-0.4, -0.2) is 22.4 Å². The smallest absolute Gasteiger partial charge is 0.217 e. The minimum atomic E-state index is -0.101. The van der Waals surface area contributed by atoms with E-state index in [1.165, 1.54) is 6.92 Å². The average molecular weight is 254 g/mol. The first-order chi connectivity index (χ1) is 6.68. The summed E-state index contributed by atoms with van der Waals surface area (Å²) in [6.45, 7) is 1.76. The van der Waals surface area contributed by atoms with Crippen LogP contribution < -0.4 is 5.32 Å². The van der Waals surface area contributed by atoms with E-state index in [4.69, 9.17) is 0 Å². The summed E-state index contributed by atoms with van der Waals surface area (Å²) in [7, 11) is 0. The largest absolute Gasteiger partial charge is 0.345 e. The van der Waals surface area contributed by atoms with Gasteiger partial charge in [0.1, 0.15) is 0 Å². The average Bonchev–Trinajstić information content (AvgIpc) is 2.15. The highest BCUT2D eigenvalue weighted by molar-refractivity contribution is 9.10. The molecule has 1 amide bonds. The number of aromatic nitrogens is 2. The number of rotatable bonds is 1. The minimum Gasteiger partial charge on any atom is -0.345 e. The lowest BCUT2D eigenvalue weighted by atomic mass is 10.5. The Balaban J connectivity index is 2.51. The van der Waals surface area contributed by atoms with E-state index in [-0.39, 0.29) is 5.91 Å². The van der Waals surface area contributed by atoms with Crippen molar-refractivity contribution in [1.29, 1.82) is 0 Å². The molecule has 0 atom stereocenters. The number of nitrogens with one attached hydrogen (secondary N) is 1. The minimum absolute atomic E-state index is 0.101. The van der Waals surface area contributed by atoms with Crippen molar-refractivity contribution in [3.63, 3.8) is 0 Å². The van der Waals surface area contributed by atoms with E-state index < -0.39 is 0 Å². The van der Waals surface area contributed by atoms with Gasteiger partial charge in [-0.1, -0.05) is 5.92 Å². The molecule has 5 heteroatoms. The molecule has 72 valence electrons. The Morgan fingerprint density at radius 3 is 2.79 bits per heavy atom. The summed E-state index contributed by atoms with van der Waals surface area (Å²) in [4.78, 5) is 18.4. The van der Waals surface area contributed by atoms with Crippen LogP contribution in [0.1, 0.15) is 12.7 Å². The number of carbonyl (C=O) groups excluding carboxylic acids is 1. The number of halogens is 1. The standard InChI is InChI=1S/C9H8BrN3O/c1-7(14)11-4-2-3-9-12-5-8(10)6-13-9/h5-6H,4H2,1H3,(H,11,14). The Bertz CT molecular complexity index is 377. The summed E-state index contributed by atoms with van der Waals surface area (Å²) in [6, 6.07) is 0. The molecule has 0 bridgehead atoms. The van der Waals surface area contributed by atoms with Crippen LogP contribution in [0, 0.1) is 11.8 Å². The van der Waals surface area contributed by atoms with Gasteiger partial charge >= 0.3 is 0 Å². The Labute approximate surface area is 90.3 Å². The molecule has 4 nitrogen and oxygen atoms in total. The van der Waals surface area contributed by atoms with Crippen LogP contribution in [0.5, 0.6) is 0 Å². The maximum atomic E-state index is 10.5. The highest BCUT2D eigenvalue weighted by Crippen LogP contribution is 2.03. The van der Waals surface area contributed by atoms with Gasteiger partial charge in [-0.2, -0.15) is 0 Å². The van der Waals surface area contributed by atoms with Gasteiger partial charge in [0.2, 0.25) is 11.7 Å². The highest BCUT2D eigenvalue weighted by atomic mass is 79.9. The van der Waals surface area contributed by atoms with Gasteiger partial charge < -0.3 is 5.32 Å². The van der Waals surface area contributed by atoms with Crippen LogP contribution in [0.4, 0.5) is 0 Å². The second kappa shape index (κ2) is 5.35. The predicted molar refractivity (Wildman–Crippen MR) is 55.3 cm³/mol. The lowest BCUT2D eigenvalue weighted by molar-refractivity contribution is -0.118. The fourth-order valence-corrected chi connectivity index (χ4v) is 0.874. The lowest BCUT2D eigenvalue weighted by Crippen LogP contribution is -2.19. The van der Waals surface area contributed by atoms with Crippen LogP contribution in [0.3, 0.4) is 0 Å². The second-order valence-electron chi connectivity index (χ2n) is 2.44. The zero-order valence-corrected chi connectivity index (χ0v) is 9.13. The summed E-state index contributed by atoms with van der Waals surface area (Å²) < 4.78 is 0.810. The van der Waals surface area contributed by atoms with Gasteiger partial charge in [0.25, 0.3) is 0 Å². The molecule has 1 aromatic rings. The zero-order chi connectivity index (χ0) is 10.4. The predicted octanol–water partition coefficient (Wildman–Crippen LogP) is 0.727. The van der Waals surface area contributed by atoms with E-state index in [0.29, 0.717) is 12.4 Å². The Hall–Kier alpha value is -1.41. The van der Waals surface area contributed by atoms with Crippen LogP contribution in [0.2, 0.25) is 0 Å². The van der Waals surface area contributed by atoms with Crippen LogP contribution in [0.15, 0.2) is 16.9 Å². The van der Waals surface area contributed by atoms with E-state index >= 15 is 0 Å². The third kappa shape index (κ3) is 4.01. The SMILES string of the molecule is CC(=O)NCC#Cc1ncc(Br)cn1. The Morgan fingerprint density at radius 2 is 2.21 bits per heavy atom. The number of nitrogens with zero attached hydrogens (tertiary/aromatic N) is 2. The summed E-state index contributed by atoms with van der Waals surface area (Å²) in [6.07, 6.45) is 3.24. The van der Waals surface area contributed by atoms with Crippen molar-refractivity contribution in [3.05, 3.63) is 22.7 Å².